The Morgan fingerprint density at radius 1 is 1.00 bits per heavy atom. The van der Waals surface area contributed by atoms with E-state index in [4.69, 9.17) is 4.42 Å². The van der Waals surface area contributed by atoms with E-state index in [9.17, 15) is 4.79 Å². The largest absolute Gasteiger partial charge is 0.421 e. The molecule has 1 amide bonds. The van der Waals surface area contributed by atoms with Gasteiger partial charge in [-0.05, 0) is 43.4 Å². The van der Waals surface area contributed by atoms with Crippen molar-refractivity contribution in [1.29, 1.82) is 0 Å². The Bertz CT molecular complexity index is 931. The molecule has 3 aromatic rings. The molecular formula is C22H25N5O2. The minimum Gasteiger partial charge on any atom is -0.421 e. The molecule has 7 heteroatoms. The molecule has 150 valence electrons. The molecule has 1 aliphatic heterocycles. The van der Waals surface area contributed by atoms with E-state index in [1.165, 1.54) is 5.69 Å². The Kier molecular flexibility index (Phi) is 5.86. The molecule has 29 heavy (non-hydrogen) atoms. The molecule has 2 aromatic carbocycles. The summed E-state index contributed by atoms with van der Waals surface area (Å²) in [7, 11) is 2.15. The van der Waals surface area contributed by atoms with E-state index in [0.717, 1.165) is 37.4 Å². The number of rotatable bonds is 6. The summed E-state index contributed by atoms with van der Waals surface area (Å²) < 4.78 is 5.65. The van der Waals surface area contributed by atoms with Gasteiger partial charge in [-0.15, -0.1) is 10.2 Å². The van der Waals surface area contributed by atoms with E-state index in [1.54, 1.807) is 0 Å². The molecule has 4 rings (SSSR count). The van der Waals surface area contributed by atoms with Crippen LogP contribution < -0.4 is 10.2 Å². The Hall–Kier alpha value is -3.19. The van der Waals surface area contributed by atoms with Gasteiger partial charge in [0, 0.05) is 56.0 Å². The standard InChI is InChI=1S/C22H25N5O2/c1-26-13-15-27(16-14-26)19-9-7-18(8-10-19)23-20(28)11-12-21-24-25-22(29-21)17-5-3-2-4-6-17/h2-10H,11-16H2,1H3,(H,23,28). The molecule has 0 atom stereocenters. The third-order valence-corrected chi connectivity index (χ3v) is 5.07. The maximum Gasteiger partial charge on any atom is 0.247 e. The number of anilines is 2. The lowest BCUT2D eigenvalue weighted by molar-refractivity contribution is -0.116. The van der Waals surface area contributed by atoms with Crippen molar-refractivity contribution in [3.05, 3.63) is 60.5 Å². The molecule has 2 heterocycles. The van der Waals surface area contributed by atoms with E-state index in [2.05, 4.69) is 44.5 Å². The molecule has 7 nitrogen and oxygen atoms in total. The summed E-state index contributed by atoms with van der Waals surface area (Å²) in [5.74, 6) is 0.863. The van der Waals surface area contributed by atoms with Gasteiger partial charge in [0.25, 0.3) is 0 Å². The zero-order valence-electron chi connectivity index (χ0n) is 16.5. The molecule has 1 saturated heterocycles. The highest BCUT2D eigenvalue weighted by Gasteiger charge is 2.14. The number of aryl methyl sites for hydroxylation is 1. The fraction of sp³-hybridized carbons (Fsp3) is 0.318. The Morgan fingerprint density at radius 3 is 2.45 bits per heavy atom. The molecule has 0 spiro atoms. The predicted octanol–water partition coefficient (Wildman–Crippen LogP) is 3.06. The van der Waals surface area contributed by atoms with Crippen LogP contribution in [0.5, 0.6) is 0 Å². The second-order valence-electron chi connectivity index (χ2n) is 7.25. The fourth-order valence-corrected chi connectivity index (χ4v) is 3.32. The van der Waals surface area contributed by atoms with Gasteiger partial charge < -0.3 is 19.5 Å². The van der Waals surface area contributed by atoms with Gasteiger partial charge in [0.1, 0.15) is 0 Å². The average Bonchev–Trinajstić information content (AvgIpc) is 3.23. The topological polar surface area (TPSA) is 74.5 Å². The van der Waals surface area contributed by atoms with Gasteiger partial charge in [0.15, 0.2) is 0 Å². The quantitative estimate of drug-likeness (QED) is 0.696. The number of aromatic nitrogens is 2. The van der Waals surface area contributed by atoms with Crippen molar-refractivity contribution in [2.75, 3.05) is 43.4 Å². The number of nitrogens with zero attached hydrogens (tertiary/aromatic N) is 4. The van der Waals surface area contributed by atoms with E-state index >= 15 is 0 Å². The van der Waals surface area contributed by atoms with Crippen LogP contribution in [0.2, 0.25) is 0 Å². The van der Waals surface area contributed by atoms with E-state index in [1.807, 2.05) is 42.5 Å². The Morgan fingerprint density at radius 2 is 1.72 bits per heavy atom. The van der Waals surface area contributed by atoms with Gasteiger partial charge in [-0.1, -0.05) is 18.2 Å². The lowest BCUT2D eigenvalue weighted by Crippen LogP contribution is -2.44. The summed E-state index contributed by atoms with van der Waals surface area (Å²) in [5, 5.41) is 11.0. The van der Waals surface area contributed by atoms with E-state index < -0.39 is 0 Å². The summed E-state index contributed by atoms with van der Waals surface area (Å²) in [6, 6.07) is 17.6. The van der Waals surface area contributed by atoms with Crippen LogP contribution in [0.4, 0.5) is 11.4 Å². The molecule has 0 unspecified atom stereocenters. The van der Waals surface area contributed by atoms with Gasteiger partial charge in [-0.25, -0.2) is 0 Å². The third-order valence-electron chi connectivity index (χ3n) is 5.07. The normalized spacial score (nSPS) is 14.7. The molecular weight excluding hydrogens is 366 g/mol. The SMILES string of the molecule is CN1CCN(c2ccc(NC(=O)CCc3nnc(-c4ccccc4)o3)cc2)CC1. The lowest BCUT2D eigenvalue weighted by Gasteiger charge is -2.34. The van der Waals surface area contributed by atoms with Crippen molar-refractivity contribution in [2.45, 2.75) is 12.8 Å². The molecule has 1 aliphatic rings. The predicted molar refractivity (Wildman–Crippen MR) is 113 cm³/mol. The van der Waals surface area contributed by atoms with E-state index in [0.29, 0.717) is 18.2 Å². The number of hydrogen-bond acceptors (Lipinski definition) is 6. The first kappa shape index (κ1) is 19.1. The van der Waals surface area contributed by atoms with Crippen molar-refractivity contribution < 1.29 is 9.21 Å². The molecule has 1 aromatic heterocycles. The van der Waals surface area contributed by atoms with Crippen molar-refractivity contribution >= 4 is 17.3 Å². The van der Waals surface area contributed by atoms with Crippen LogP contribution in [-0.4, -0.2) is 54.2 Å². The third kappa shape index (κ3) is 5.00. The number of piperazine rings is 1. The number of nitrogens with one attached hydrogen (secondary N) is 1. The van der Waals surface area contributed by atoms with Gasteiger partial charge >= 0.3 is 0 Å². The molecule has 1 fully saturated rings. The van der Waals surface area contributed by atoms with Gasteiger partial charge in [-0.3, -0.25) is 4.79 Å². The van der Waals surface area contributed by atoms with E-state index in [-0.39, 0.29) is 12.3 Å². The van der Waals surface area contributed by atoms with Crippen molar-refractivity contribution in [3.63, 3.8) is 0 Å². The van der Waals surface area contributed by atoms with Crippen LogP contribution in [0.25, 0.3) is 11.5 Å². The highest BCUT2D eigenvalue weighted by molar-refractivity contribution is 5.90. The zero-order valence-corrected chi connectivity index (χ0v) is 16.5. The number of benzene rings is 2. The number of hydrogen-bond donors (Lipinski definition) is 1. The van der Waals surface area contributed by atoms with Crippen molar-refractivity contribution in [3.8, 4) is 11.5 Å². The maximum absolute atomic E-state index is 12.3. The molecule has 0 saturated carbocycles. The van der Waals surface area contributed by atoms with Crippen LogP contribution in [0.15, 0.2) is 59.0 Å². The maximum atomic E-state index is 12.3. The average molecular weight is 391 g/mol. The summed E-state index contributed by atoms with van der Waals surface area (Å²) in [5.41, 5.74) is 2.86. The van der Waals surface area contributed by atoms with Gasteiger partial charge in [0.2, 0.25) is 17.7 Å². The number of carbonyl (C=O) groups is 1. The molecule has 1 N–H and O–H groups in total. The first-order chi connectivity index (χ1) is 14.2. The minimum absolute atomic E-state index is 0.0724. The second kappa shape index (κ2) is 8.87. The van der Waals surface area contributed by atoms with Crippen LogP contribution in [0.3, 0.4) is 0 Å². The highest BCUT2D eigenvalue weighted by Crippen LogP contribution is 2.20. The van der Waals surface area contributed by atoms with Gasteiger partial charge in [0.05, 0.1) is 0 Å². The first-order valence-electron chi connectivity index (χ1n) is 9.88. The van der Waals surface area contributed by atoms with Crippen LogP contribution in [0.1, 0.15) is 12.3 Å². The fourth-order valence-electron chi connectivity index (χ4n) is 3.32. The zero-order chi connectivity index (χ0) is 20.1. The van der Waals surface area contributed by atoms with Crippen molar-refractivity contribution in [1.82, 2.24) is 15.1 Å². The minimum atomic E-state index is -0.0724. The van der Waals surface area contributed by atoms with Crippen LogP contribution >= 0.6 is 0 Å². The number of carbonyl (C=O) groups excluding carboxylic acids is 1. The first-order valence-corrected chi connectivity index (χ1v) is 9.88. The van der Waals surface area contributed by atoms with Crippen molar-refractivity contribution in [2.24, 2.45) is 0 Å². The van der Waals surface area contributed by atoms with Crippen LogP contribution in [-0.2, 0) is 11.2 Å². The van der Waals surface area contributed by atoms with Crippen LogP contribution in [0, 0.1) is 0 Å². The summed E-state index contributed by atoms with van der Waals surface area (Å²) in [4.78, 5) is 17.0. The summed E-state index contributed by atoms with van der Waals surface area (Å²) in [6.07, 6.45) is 0.696. The smallest absolute Gasteiger partial charge is 0.247 e. The Labute approximate surface area is 170 Å². The number of likely N-dealkylation sites (N-methyl/N-ethyl adjacent to an activating group) is 1. The van der Waals surface area contributed by atoms with Gasteiger partial charge in [-0.2, -0.15) is 0 Å². The summed E-state index contributed by atoms with van der Waals surface area (Å²) in [6.45, 7) is 4.19. The monoisotopic (exact) mass is 391 g/mol. The molecule has 0 bridgehead atoms. The summed E-state index contributed by atoms with van der Waals surface area (Å²) >= 11 is 0. The molecule has 0 radical (unpaired) electrons. The molecule has 0 aliphatic carbocycles. The lowest BCUT2D eigenvalue weighted by atomic mass is 10.2. The Balaban J connectivity index is 1.27. The second-order valence-corrected chi connectivity index (χ2v) is 7.25. The highest BCUT2D eigenvalue weighted by atomic mass is 16.4. The number of amides is 1.